The van der Waals surface area contributed by atoms with Crippen LogP contribution in [-0.4, -0.2) is 12.5 Å². The fourth-order valence-electron chi connectivity index (χ4n) is 2.02. The first-order valence-electron chi connectivity index (χ1n) is 4.74. The normalized spacial score (nSPS) is 25.4. The van der Waals surface area contributed by atoms with Crippen molar-refractivity contribution >= 4 is 5.91 Å². The second-order valence-electron chi connectivity index (χ2n) is 4.11. The monoisotopic (exact) mass is 211 g/mol. The topological polar surface area (TPSA) is 29.1 Å². The Kier molecular flexibility index (Phi) is 2.21. The molecule has 2 nitrogen and oxygen atoms in total. The van der Waals surface area contributed by atoms with Crippen LogP contribution in [0, 0.1) is 11.6 Å². The van der Waals surface area contributed by atoms with Crippen LogP contribution < -0.4 is 5.32 Å². The van der Waals surface area contributed by atoms with Gasteiger partial charge in [-0.25, -0.2) is 8.78 Å². The molecule has 4 heteroatoms. The van der Waals surface area contributed by atoms with Crippen molar-refractivity contribution in [3.8, 4) is 0 Å². The Bertz CT molecular complexity index is 399. The van der Waals surface area contributed by atoms with E-state index in [0.717, 1.165) is 0 Å². The summed E-state index contributed by atoms with van der Waals surface area (Å²) in [7, 11) is 0. The Labute approximate surface area is 86.3 Å². The highest BCUT2D eigenvalue weighted by Crippen LogP contribution is 2.34. The van der Waals surface area contributed by atoms with Crippen LogP contribution in [0.3, 0.4) is 0 Å². The Morgan fingerprint density at radius 1 is 1.33 bits per heavy atom. The van der Waals surface area contributed by atoms with Crippen LogP contribution >= 0.6 is 0 Å². The zero-order valence-corrected chi connectivity index (χ0v) is 8.31. The fraction of sp³-hybridized carbons (Fsp3) is 0.364. The predicted octanol–water partition coefficient (Wildman–Crippen LogP) is 1.74. The molecule has 1 aliphatic heterocycles. The van der Waals surface area contributed by atoms with Crippen LogP contribution in [0.5, 0.6) is 0 Å². The van der Waals surface area contributed by atoms with Crippen LogP contribution in [0.15, 0.2) is 18.2 Å². The van der Waals surface area contributed by atoms with Crippen molar-refractivity contribution in [2.45, 2.75) is 18.8 Å². The molecule has 0 aliphatic carbocycles. The molecule has 15 heavy (non-hydrogen) atoms. The summed E-state index contributed by atoms with van der Waals surface area (Å²) in [6, 6.07) is 3.75. The molecule has 1 fully saturated rings. The summed E-state index contributed by atoms with van der Waals surface area (Å²) in [4.78, 5) is 11.1. The van der Waals surface area contributed by atoms with Crippen molar-refractivity contribution in [3.63, 3.8) is 0 Å². The van der Waals surface area contributed by atoms with E-state index >= 15 is 0 Å². The van der Waals surface area contributed by atoms with Gasteiger partial charge in [0.25, 0.3) is 0 Å². The minimum absolute atomic E-state index is 0.00310. The summed E-state index contributed by atoms with van der Waals surface area (Å²) in [6.45, 7) is 1.97. The van der Waals surface area contributed by atoms with Gasteiger partial charge in [0.05, 0.1) is 0 Å². The van der Waals surface area contributed by atoms with Gasteiger partial charge in [-0.3, -0.25) is 4.79 Å². The molecule has 1 atom stereocenters. The van der Waals surface area contributed by atoms with Crippen LogP contribution in [-0.2, 0) is 10.2 Å². The third-order valence-corrected chi connectivity index (χ3v) is 2.79. The van der Waals surface area contributed by atoms with E-state index in [4.69, 9.17) is 0 Å². The maximum Gasteiger partial charge on any atom is 0.220 e. The Balaban J connectivity index is 2.49. The van der Waals surface area contributed by atoms with Crippen molar-refractivity contribution in [1.82, 2.24) is 5.32 Å². The first kappa shape index (κ1) is 10.1. The van der Waals surface area contributed by atoms with E-state index in [0.29, 0.717) is 0 Å². The predicted molar refractivity (Wildman–Crippen MR) is 51.3 cm³/mol. The minimum Gasteiger partial charge on any atom is -0.355 e. The van der Waals surface area contributed by atoms with Gasteiger partial charge in [-0.1, -0.05) is 13.0 Å². The Hall–Kier alpha value is -1.45. The Morgan fingerprint density at radius 2 is 1.93 bits per heavy atom. The quantitative estimate of drug-likeness (QED) is 0.753. The van der Waals surface area contributed by atoms with E-state index in [2.05, 4.69) is 5.32 Å². The second kappa shape index (κ2) is 3.29. The second-order valence-corrected chi connectivity index (χ2v) is 4.11. The maximum absolute atomic E-state index is 13.5. The van der Waals surface area contributed by atoms with Gasteiger partial charge in [-0.2, -0.15) is 0 Å². The van der Waals surface area contributed by atoms with Crippen molar-refractivity contribution in [1.29, 1.82) is 0 Å². The van der Waals surface area contributed by atoms with Crippen molar-refractivity contribution in [2.24, 2.45) is 0 Å². The molecule has 0 spiro atoms. The first-order chi connectivity index (χ1) is 7.03. The lowest BCUT2D eigenvalue weighted by atomic mass is 9.81. The fourth-order valence-corrected chi connectivity index (χ4v) is 2.02. The lowest BCUT2D eigenvalue weighted by Gasteiger charge is -2.22. The van der Waals surface area contributed by atoms with E-state index < -0.39 is 17.0 Å². The zero-order chi connectivity index (χ0) is 11.1. The number of carbonyl (C=O) groups is 1. The lowest BCUT2D eigenvalue weighted by molar-refractivity contribution is -0.119. The van der Waals surface area contributed by atoms with Gasteiger partial charge in [0.2, 0.25) is 5.91 Å². The lowest BCUT2D eigenvalue weighted by Crippen LogP contribution is -2.27. The molecular weight excluding hydrogens is 200 g/mol. The molecule has 0 radical (unpaired) electrons. The summed E-state index contributed by atoms with van der Waals surface area (Å²) in [5.41, 5.74) is -0.768. The van der Waals surface area contributed by atoms with E-state index in [1.54, 1.807) is 6.92 Å². The zero-order valence-electron chi connectivity index (χ0n) is 8.31. The van der Waals surface area contributed by atoms with Crippen LogP contribution in [0.1, 0.15) is 18.9 Å². The molecule has 0 aromatic heterocycles. The summed E-state index contributed by atoms with van der Waals surface area (Å²) in [5.74, 6) is -1.34. The highest BCUT2D eigenvalue weighted by Gasteiger charge is 2.39. The van der Waals surface area contributed by atoms with Gasteiger partial charge in [0.1, 0.15) is 11.6 Å². The van der Waals surface area contributed by atoms with Crippen LogP contribution in [0.4, 0.5) is 8.78 Å². The molecule has 0 bridgehead atoms. The molecule has 1 amide bonds. The molecule has 1 aromatic rings. The van der Waals surface area contributed by atoms with Gasteiger partial charge in [0.15, 0.2) is 0 Å². The van der Waals surface area contributed by atoms with Crippen LogP contribution in [0.2, 0.25) is 0 Å². The van der Waals surface area contributed by atoms with E-state index in [-0.39, 0.29) is 24.4 Å². The maximum atomic E-state index is 13.5. The number of hydrogen-bond acceptors (Lipinski definition) is 1. The molecule has 1 unspecified atom stereocenters. The molecule has 1 saturated heterocycles. The average molecular weight is 211 g/mol. The van der Waals surface area contributed by atoms with Gasteiger partial charge < -0.3 is 5.32 Å². The van der Waals surface area contributed by atoms with E-state index in [9.17, 15) is 13.6 Å². The molecule has 0 saturated carbocycles. The molecule has 80 valence electrons. The SMILES string of the molecule is CC1(c2c(F)cccc2F)CNC(=O)C1. The minimum atomic E-state index is -0.771. The third kappa shape index (κ3) is 1.60. The summed E-state index contributed by atoms with van der Waals surface area (Å²) >= 11 is 0. The Morgan fingerprint density at radius 3 is 2.40 bits per heavy atom. The number of hydrogen-bond donors (Lipinski definition) is 1. The smallest absolute Gasteiger partial charge is 0.220 e. The molecule has 1 aliphatic rings. The van der Waals surface area contributed by atoms with Crippen molar-refractivity contribution in [2.75, 3.05) is 6.54 Å². The average Bonchev–Trinajstić information content (AvgIpc) is 2.46. The molecular formula is C11H11F2NO. The molecule has 1 aromatic carbocycles. The summed E-state index contributed by atoms with van der Waals surface area (Å²) < 4.78 is 27.0. The number of rotatable bonds is 1. The van der Waals surface area contributed by atoms with Crippen molar-refractivity contribution < 1.29 is 13.6 Å². The summed E-state index contributed by atoms with van der Waals surface area (Å²) in [6.07, 6.45) is 0.130. The number of nitrogens with one attached hydrogen (secondary N) is 1. The van der Waals surface area contributed by atoms with Gasteiger partial charge in [0, 0.05) is 23.9 Å². The highest BCUT2D eigenvalue weighted by molar-refractivity contribution is 5.80. The van der Waals surface area contributed by atoms with E-state index in [1.807, 2.05) is 0 Å². The first-order valence-corrected chi connectivity index (χ1v) is 4.74. The number of benzene rings is 1. The number of halogens is 2. The largest absolute Gasteiger partial charge is 0.355 e. The van der Waals surface area contributed by atoms with Crippen LogP contribution in [0.25, 0.3) is 0 Å². The van der Waals surface area contributed by atoms with Gasteiger partial charge >= 0.3 is 0 Å². The number of amides is 1. The van der Waals surface area contributed by atoms with E-state index in [1.165, 1.54) is 18.2 Å². The molecule has 1 heterocycles. The summed E-state index contributed by atoms with van der Waals surface area (Å²) in [5, 5.41) is 2.59. The number of carbonyl (C=O) groups excluding carboxylic acids is 1. The van der Waals surface area contributed by atoms with Gasteiger partial charge in [-0.05, 0) is 12.1 Å². The molecule has 2 rings (SSSR count). The van der Waals surface area contributed by atoms with Crippen molar-refractivity contribution in [3.05, 3.63) is 35.4 Å². The van der Waals surface area contributed by atoms with Gasteiger partial charge in [-0.15, -0.1) is 0 Å². The molecule has 1 N–H and O–H groups in total. The third-order valence-electron chi connectivity index (χ3n) is 2.79. The standard InChI is InChI=1S/C11H11F2NO/c1-11(5-9(15)14-6-11)10-7(12)3-2-4-8(10)13/h2-4H,5-6H2,1H3,(H,14,15). The highest BCUT2D eigenvalue weighted by atomic mass is 19.1.